The second-order valence-corrected chi connectivity index (χ2v) is 7.84. The summed E-state index contributed by atoms with van der Waals surface area (Å²) in [4.78, 5) is 0. The maximum atomic E-state index is 11.1. The number of ether oxygens (including phenoxy) is 1. The summed E-state index contributed by atoms with van der Waals surface area (Å²) in [6, 6.07) is 28.5. The number of aliphatic hydroxyl groups is 1. The molecule has 0 aliphatic heterocycles. The van der Waals surface area contributed by atoms with E-state index in [0.29, 0.717) is 13.2 Å². The summed E-state index contributed by atoms with van der Waals surface area (Å²) >= 11 is 0. The van der Waals surface area contributed by atoms with E-state index in [1.807, 2.05) is 42.5 Å². The third kappa shape index (κ3) is 5.16. The van der Waals surface area contributed by atoms with Gasteiger partial charge in [0.25, 0.3) is 0 Å². The molecule has 2 N–H and O–H groups in total. The van der Waals surface area contributed by atoms with Crippen molar-refractivity contribution in [2.45, 2.75) is 32.1 Å². The van der Waals surface area contributed by atoms with Gasteiger partial charge in [-0.15, -0.1) is 0 Å². The quantitative estimate of drug-likeness (QED) is 0.352. The summed E-state index contributed by atoms with van der Waals surface area (Å²) < 4.78 is 8.17. The number of benzene rings is 3. The van der Waals surface area contributed by atoms with Crippen LogP contribution in [0, 0.1) is 0 Å². The molecular weight excluding hydrogens is 384 g/mol. The van der Waals surface area contributed by atoms with E-state index in [1.165, 1.54) is 0 Å². The molecule has 2 atom stereocenters. The molecule has 0 bridgehead atoms. The first-order valence-electron chi connectivity index (χ1n) is 11.0. The molecule has 4 rings (SSSR count). The first-order chi connectivity index (χ1) is 15.3. The van der Waals surface area contributed by atoms with Crippen LogP contribution in [0.4, 0.5) is 0 Å². The molecule has 0 aliphatic rings. The van der Waals surface area contributed by atoms with Crippen LogP contribution in [0.25, 0.3) is 10.9 Å². The molecule has 4 nitrogen and oxygen atoms in total. The van der Waals surface area contributed by atoms with E-state index in [4.69, 9.17) is 4.74 Å². The summed E-state index contributed by atoms with van der Waals surface area (Å²) in [6.45, 7) is 4.12. The van der Waals surface area contributed by atoms with Crippen molar-refractivity contribution < 1.29 is 9.84 Å². The van der Waals surface area contributed by atoms with Crippen LogP contribution in [-0.2, 0) is 6.61 Å². The van der Waals surface area contributed by atoms with Crippen LogP contribution < -0.4 is 10.1 Å². The molecule has 4 heteroatoms. The van der Waals surface area contributed by atoms with Crippen LogP contribution in [0.15, 0.2) is 91.1 Å². The molecule has 0 saturated carbocycles. The predicted molar refractivity (Wildman–Crippen MR) is 126 cm³/mol. The molecule has 0 fully saturated rings. The molecule has 0 amide bonds. The van der Waals surface area contributed by atoms with E-state index >= 15 is 0 Å². The van der Waals surface area contributed by atoms with Gasteiger partial charge in [0, 0.05) is 23.6 Å². The largest absolute Gasteiger partial charge is 0.489 e. The molecule has 1 heterocycles. The Morgan fingerprint density at radius 1 is 0.935 bits per heavy atom. The van der Waals surface area contributed by atoms with Gasteiger partial charge in [-0.05, 0) is 48.4 Å². The van der Waals surface area contributed by atoms with Crippen LogP contribution in [0.3, 0.4) is 0 Å². The van der Waals surface area contributed by atoms with Gasteiger partial charge in [0.15, 0.2) is 0 Å². The van der Waals surface area contributed by atoms with E-state index in [0.717, 1.165) is 40.7 Å². The summed E-state index contributed by atoms with van der Waals surface area (Å²) in [5, 5.41) is 15.5. The number of nitrogens with one attached hydrogen (secondary N) is 1. The van der Waals surface area contributed by atoms with Gasteiger partial charge in [0.2, 0.25) is 0 Å². The van der Waals surface area contributed by atoms with Gasteiger partial charge in [0.1, 0.15) is 12.4 Å². The Labute approximate surface area is 184 Å². The molecule has 31 heavy (non-hydrogen) atoms. The molecule has 0 radical (unpaired) electrons. The normalized spacial score (nSPS) is 13.2. The zero-order chi connectivity index (χ0) is 21.5. The van der Waals surface area contributed by atoms with Gasteiger partial charge in [-0.2, -0.15) is 0 Å². The molecule has 2 unspecified atom stereocenters. The van der Waals surface area contributed by atoms with E-state index in [1.54, 1.807) is 0 Å². The average Bonchev–Trinajstić information content (AvgIpc) is 3.22. The van der Waals surface area contributed by atoms with Crippen molar-refractivity contribution in [3.63, 3.8) is 0 Å². The molecule has 1 aromatic heterocycles. The summed E-state index contributed by atoms with van der Waals surface area (Å²) in [5.41, 5.74) is 3.32. The lowest BCUT2D eigenvalue weighted by molar-refractivity contribution is 0.130. The number of hydrogen-bond donors (Lipinski definition) is 2. The fraction of sp³-hybridized carbons (Fsp3) is 0.259. The van der Waals surface area contributed by atoms with Gasteiger partial charge in [-0.3, -0.25) is 0 Å². The molecule has 4 aromatic rings. The Bertz CT molecular complexity index is 1080. The SMILES string of the molecule is CCCNCC(O)C(c1ccccc1)n1ccc2cc(OCc3ccccc3)ccc21. The van der Waals surface area contributed by atoms with Gasteiger partial charge in [-0.1, -0.05) is 67.6 Å². The third-order valence-corrected chi connectivity index (χ3v) is 5.53. The number of aromatic nitrogens is 1. The highest BCUT2D eigenvalue weighted by atomic mass is 16.5. The molecule has 0 saturated heterocycles. The lowest BCUT2D eigenvalue weighted by Gasteiger charge is -2.26. The van der Waals surface area contributed by atoms with Gasteiger partial charge >= 0.3 is 0 Å². The van der Waals surface area contributed by atoms with Crippen LogP contribution >= 0.6 is 0 Å². The second kappa shape index (κ2) is 10.3. The molecule has 3 aromatic carbocycles. The van der Waals surface area contributed by atoms with E-state index in [2.05, 4.69) is 65.5 Å². The smallest absolute Gasteiger partial charge is 0.120 e. The highest BCUT2D eigenvalue weighted by Crippen LogP contribution is 2.30. The second-order valence-electron chi connectivity index (χ2n) is 7.84. The van der Waals surface area contributed by atoms with Gasteiger partial charge < -0.3 is 19.7 Å². The monoisotopic (exact) mass is 414 g/mol. The first-order valence-corrected chi connectivity index (χ1v) is 11.0. The maximum absolute atomic E-state index is 11.1. The zero-order valence-corrected chi connectivity index (χ0v) is 17.9. The Hall–Kier alpha value is -3.08. The number of aliphatic hydroxyl groups excluding tert-OH is 1. The number of fused-ring (bicyclic) bond motifs is 1. The van der Waals surface area contributed by atoms with Gasteiger partial charge in [0.05, 0.1) is 12.1 Å². The fourth-order valence-corrected chi connectivity index (χ4v) is 3.97. The topological polar surface area (TPSA) is 46.4 Å². The number of rotatable bonds is 10. The van der Waals surface area contributed by atoms with E-state index < -0.39 is 6.10 Å². The molecule has 160 valence electrons. The highest BCUT2D eigenvalue weighted by Gasteiger charge is 2.24. The number of nitrogens with zero attached hydrogens (tertiary/aromatic N) is 1. The van der Waals surface area contributed by atoms with E-state index in [-0.39, 0.29) is 6.04 Å². The average molecular weight is 415 g/mol. The van der Waals surface area contributed by atoms with E-state index in [9.17, 15) is 5.11 Å². The number of hydrogen-bond acceptors (Lipinski definition) is 3. The Morgan fingerprint density at radius 3 is 2.42 bits per heavy atom. The summed E-state index contributed by atoms with van der Waals surface area (Å²) in [7, 11) is 0. The molecular formula is C27H30N2O2. The van der Waals surface area contributed by atoms with Crippen molar-refractivity contribution >= 4 is 10.9 Å². The fourth-order valence-electron chi connectivity index (χ4n) is 3.97. The minimum atomic E-state index is -0.543. The molecule has 0 aliphatic carbocycles. The minimum absolute atomic E-state index is 0.167. The summed E-state index contributed by atoms with van der Waals surface area (Å²) in [6.07, 6.45) is 2.56. The Balaban J connectivity index is 1.59. The van der Waals surface area contributed by atoms with Gasteiger partial charge in [-0.25, -0.2) is 0 Å². The third-order valence-electron chi connectivity index (χ3n) is 5.53. The zero-order valence-electron chi connectivity index (χ0n) is 17.9. The predicted octanol–water partition coefficient (Wildman–Crippen LogP) is 5.17. The van der Waals surface area contributed by atoms with Crippen LogP contribution in [-0.4, -0.2) is 28.9 Å². The lowest BCUT2D eigenvalue weighted by atomic mass is 10.0. The van der Waals surface area contributed by atoms with Crippen LogP contribution in [0.5, 0.6) is 5.75 Å². The van der Waals surface area contributed by atoms with Crippen molar-refractivity contribution in [1.82, 2.24) is 9.88 Å². The van der Waals surface area contributed by atoms with Crippen molar-refractivity contribution in [3.8, 4) is 5.75 Å². The highest BCUT2D eigenvalue weighted by molar-refractivity contribution is 5.82. The lowest BCUT2D eigenvalue weighted by Crippen LogP contribution is -2.35. The van der Waals surface area contributed by atoms with Crippen LogP contribution in [0.1, 0.15) is 30.5 Å². The standard InChI is InChI=1S/C27H30N2O2/c1-2-16-28-19-26(30)27(22-11-7-4-8-12-22)29-17-15-23-18-24(13-14-25(23)29)31-20-21-9-5-3-6-10-21/h3-15,17-18,26-28,30H,2,16,19-20H2,1H3. The molecule has 0 spiro atoms. The Morgan fingerprint density at radius 2 is 1.68 bits per heavy atom. The summed E-state index contributed by atoms with van der Waals surface area (Å²) in [5.74, 6) is 0.843. The van der Waals surface area contributed by atoms with Crippen molar-refractivity contribution in [3.05, 3.63) is 102 Å². The van der Waals surface area contributed by atoms with Crippen LogP contribution in [0.2, 0.25) is 0 Å². The Kier molecular flexibility index (Phi) is 7.03. The maximum Gasteiger partial charge on any atom is 0.120 e. The van der Waals surface area contributed by atoms with Crippen molar-refractivity contribution in [2.24, 2.45) is 0 Å². The van der Waals surface area contributed by atoms with Crippen molar-refractivity contribution in [2.75, 3.05) is 13.1 Å². The van der Waals surface area contributed by atoms with Crippen molar-refractivity contribution in [1.29, 1.82) is 0 Å². The minimum Gasteiger partial charge on any atom is -0.489 e. The first kappa shape index (κ1) is 21.2.